The highest BCUT2D eigenvalue weighted by atomic mass is 14.5. The number of hydrogen-bond donors (Lipinski definition) is 2. The van der Waals surface area contributed by atoms with Crippen molar-refractivity contribution in [3.05, 3.63) is 130 Å². The Labute approximate surface area is 362 Å². The Morgan fingerprint density at radius 1 is 0.407 bits per heavy atom. The molecule has 0 bridgehead atoms. The first kappa shape index (κ1) is 46.5. The van der Waals surface area contributed by atoms with E-state index < -0.39 is 0 Å². The molecular formula is C57H84N2. The van der Waals surface area contributed by atoms with Gasteiger partial charge in [-0.05, 0) is 102 Å². The van der Waals surface area contributed by atoms with Crippen LogP contribution in [0.15, 0.2) is 97.1 Å². The highest BCUT2D eigenvalue weighted by molar-refractivity contribution is 5.47. The molecule has 4 N–H and O–H groups in total. The van der Waals surface area contributed by atoms with Crippen LogP contribution in [-0.2, 0) is 5.41 Å². The van der Waals surface area contributed by atoms with Gasteiger partial charge in [0.1, 0.15) is 0 Å². The lowest BCUT2D eigenvalue weighted by Crippen LogP contribution is -2.33. The Kier molecular flexibility index (Phi) is 20.5. The minimum absolute atomic E-state index is 0.0557. The molecule has 2 nitrogen and oxygen atoms in total. The highest BCUT2D eigenvalue weighted by Crippen LogP contribution is 2.48. The number of nitrogen functional groups attached to an aromatic ring is 2. The smallest absolute Gasteiger partial charge is 0.0314 e. The fourth-order valence-electron chi connectivity index (χ4n) is 10.4. The van der Waals surface area contributed by atoms with Crippen LogP contribution in [0.1, 0.15) is 233 Å². The molecule has 0 amide bonds. The summed E-state index contributed by atoms with van der Waals surface area (Å²) >= 11 is 0. The summed E-state index contributed by atoms with van der Waals surface area (Å²) in [5.41, 5.74) is 22.8. The first-order chi connectivity index (χ1) is 29.0. The summed E-state index contributed by atoms with van der Waals surface area (Å²) in [4.78, 5) is 0. The van der Waals surface area contributed by atoms with Crippen molar-refractivity contribution in [1.29, 1.82) is 0 Å². The largest absolute Gasteiger partial charge is 0.399 e. The molecule has 2 unspecified atom stereocenters. The summed E-state index contributed by atoms with van der Waals surface area (Å²) in [6.45, 7) is 6.93. The van der Waals surface area contributed by atoms with Gasteiger partial charge in [0.05, 0.1) is 0 Å². The van der Waals surface area contributed by atoms with Crippen LogP contribution in [0.4, 0.5) is 11.4 Å². The number of anilines is 2. The fraction of sp³-hybridized carbons (Fsp3) is 0.579. The van der Waals surface area contributed by atoms with Gasteiger partial charge >= 0.3 is 0 Å². The zero-order chi connectivity index (χ0) is 41.5. The normalized spacial score (nSPS) is 17.8. The van der Waals surface area contributed by atoms with Gasteiger partial charge in [0, 0.05) is 28.6 Å². The molecular weight excluding hydrogens is 713 g/mol. The number of rotatable bonds is 28. The Hall–Kier alpha value is -3.52. The summed E-state index contributed by atoms with van der Waals surface area (Å²) in [5.74, 6) is 1.66. The molecule has 4 aromatic carbocycles. The summed E-state index contributed by atoms with van der Waals surface area (Å²) in [6.07, 6.45) is 34.6. The summed E-state index contributed by atoms with van der Waals surface area (Å²) in [6, 6.07) is 37.5. The first-order valence-corrected chi connectivity index (χ1v) is 24.9. The molecule has 1 aliphatic carbocycles. The van der Waals surface area contributed by atoms with Gasteiger partial charge in [-0.25, -0.2) is 0 Å². The molecule has 0 heterocycles. The maximum Gasteiger partial charge on any atom is 0.0314 e. The van der Waals surface area contributed by atoms with E-state index in [1.807, 2.05) is 0 Å². The van der Waals surface area contributed by atoms with E-state index in [-0.39, 0.29) is 5.41 Å². The maximum absolute atomic E-state index is 6.18. The van der Waals surface area contributed by atoms with E-state index in [2.05, 4.69) is 118 Å². The Morgan fingerprint density at radius 3 is 1.07 bits per heavy atom. The van der Waals surface area contributed by atoms with Crippen LogP contribution in [0, 0.1) is 5.92 Å². The van der Waals surface area contributed by atoms with Crippen LogP contribution >= 0.6 is 0 Å². The highest BCUT2D eigenvalue weighted by Gasteiger charge is 2.38. The number of unbranched alkanes of at least 4 members (excludes halogenated alkanes) is 16. The van der Waals surface area contributed by atoms with Gasteiger partial charge in [0.25, 0.3) is 0 Å². The second-order valence-electron chi connectivity index (χ2n) is 18.7. The van der Waals surface area contributed by atoms with Crippen LogP contribution in [0.3, 0.4) is 0 Å². The van der Waals surface area contributed by atoms with Crippen LogP contribution in [0.5, 0.6) is 0 Å². The van der Waals surface area contributed by atoms with E-state index in [9.17, 15) is 0 Å². The van der Waals surface area contributed by atoms with Gasteiger partial charge in [-0.2, -0.15) is 0 Å². The molecule has 2 atom stereocenters. The molecule has 1 aliphatic rings. The van der Waals surface area contributed by atoms with Crippen molar-refractivity contribution in [2.45, 2.75) is 205 Å². The molecule has 4 aromatic rings. The lowest BCUT2D eigenvalue weighted by molar-refractivity contribution is 0.250. The molecule has 0 spiro atoms. The molecule has 1 fully saturated rings. The van der Waals surface area contributed by atoms with E-state index >= 15 is 0 Å². The standard InChI is InChI=1S/C57H84N2/c1-4-7-10-13-15-18-21-24-55(49-30-38-53(58)39-31-49)47-26-34-51(35-27-47)57(44-42-46(43-45-57)23-20-17-12-9-6-3)52-36-28-48(29-37-52)56(50-32-40-54(59)41-33-50)25-22-19-16-14-11-8-5-2/h26-41,46,55-56H,4-25,42-45,58-59H2,1-3H3. The minimum atomic E-state index is 0.0557. The molecule has 322 valence electrons. The van der Waals surface area contributed by atoms with Gasteiger partial charge in [0.15, 0.2) is 0 Å². The second-order valence-corrected chi connectivity index (χ2v) is 18.7. The summed E-state index contributed by atoms with van der Waals surface area (Å²) in [5, 5.41) is 0. The van der Waals surface area contributed by atoms with E-state index in [0.29, 0.717) is 11.8 Å². The Balaban J connectivity index is 1.38. The number of nitrogens with two attached hydrogens (primary N) is 2. The van der Waals surface area contributed by atoms with Crippen molar-refractivity contribution in [3.8, 4) is 0 Å². The average molecular weight is 797 g/mol. The second kappa shape index (κ2) is 26.0. The van der Waals surface area contributed by atoms with Crippen LogP contribution < -0.4 is 11.5 Å². The predicted octanol–water partition coefficient (Wildman–Crippen LogP) is 17.2. The molecule has 0 saturated heterocycles. The van der Waals surface area contributed by atoms with Crippen molar-refractivity contribution in [3.63, 3.8) is 0 Å². The van der Waals surface area contributed by atoms with Gasteiger partial charge in [-0.1, -0.05) is 222 Å². The van der Waals surface area contributed by atoms with Crippen molar-refractivity contribution in [2.75, 3.05) is 11.5 Å². The van der Waals surface area contributed by atoms with Crippen molar-refractivity contribution in [1.82, 2.24) is 0 Å². The zero-order valence-corrected chi connectivity index (χ0v) is 38.0. The Morgan fingerprint density at radius 2 is 0.712 bits per heavy atom. The predicted molar refractivity (Wildman–Crippen MR) is 260 cm³/mol. The SMILES string of the molecule is CCCCCCCCCC(c1ccc(N)cc1)c1ccc(C2(c3ccc(C(CCCCCCCCC)c4ccc(N)cc4)cc3)CCC(CCCCCCC)CC2)cc1. The lowest BCUT2D eigenvalue weighted by Gasteiger charge is -2.42. The molecule has 0 aliphatic heterocycles. The third-order valence-electron chi connectivity index (χ3n) is 14.3. The lowest BCUT2D eigenvalue weighted by atomic mass is 9.62. The zero-order valence-electron chi connectivity index (χ0n) is 38.0. The van der Waals surface area contributed by atoms with E-state index in [0.717, 1.165) is 17.3 Å². The van der Waals surface area contributed by atoms with Crippen molar-refractivity contribution < 1.29 is 0 Å². The summed E-state index contributed by atoms with van der Waals surface area (Å²) < 4.78 is 0. The molecule has 5 rings (SSSR count). The van der Waals surface area contributed by atoms with Gasteiger partial charge in [-0.3, -0.25) is 0 Å². The molecule has 59 heavy (non-hydrogen) atoms. The topological polar surface area (TPSA) is 52.0 Å². The minimum Gasteiger partial charge on any atom is -0.399 e. The van der Waals surface area contributed by atoms with E-state index in [4.69, 9.17) is 11.5 Å². The molecule has 0 radical (unpaired) electrons. The quantitative estimate of drug-likeness (QED) is 0.0444. The molecule has 2 heteroatoms. The van der Waals surface area contributed by atoms with Crippen molar-refractivity contribution in [2.24, 2.45) is 5.92 Å². The number of hydrogen-bond acceptors (Lipinski definition) is 2. The summed E-state index contributed by atoms with van der Waals surface area (Å²) in [7, 11) is 0. The van der Waals surface area contributed by atoms with Crippen LogP contribution in [-0.4, -0.2) is 0 Å². The average Bonchev–Trinajstić information content (AvgIpc) is 3.27. The first-order valence-electron chi connectivity index (χ1n) is 24.9. The third-order valence-corrected chi connectivity index (χ3v) is 14.3. The molecule has 0 aromatic heterocycles. The van der Waals surface area contributed by atoms with Crippen LogP contribution in [0.2, 0.25) is 0 Å². The molecule has 1 saturated carbocycles. The van der Waals surface area contributed by atoms with Crippen LogP contribution in [0.25, 0.3) is 0 Å². The van der Waals surface area contributed by atoms with Gasteiger partial charge in [-0.15, -0.1) is 0 Å². The van der Waals surface area contributed by atoms with Gasteiger partial charge < -0.3 is 11.5 Å². The van der Waals surface area contributed by atoms with E-state index in [1.165, 1.54) is 200 Å². The Bertz CT molecular complexity index is 1550. The monoisotopic (exact) mass is 797 g/mol. The fourth-order valence-corrected chi connectivity index (χ4v) is 10.4. The van der Waals surface area contributed by atoms with E-state index in [1.54, 1.807) is 0 Å². The van der Waals surface area contributed by atoms with Gasteiger partial charge in [0.2, 0.25) is 0 Å². The maximum atomic E-state index is 6.18. The number of benzene rings is 4. The van der Waals surface area contributed by atoms with Crippen molar-refractivity contribution >= 4 is 11.4 Å². The third kappa shape index (κ3) is 14.6.